The summed E-state index contributed by atoms with van der Waals surface area (Å²) in [6.45, 7) is 0. The molecule has 25 heavy (non-hydrogen) atoms. The molecule has 0 saturated heterocycles. The van der Waals surface area contributed by atoms with Crippen LogP contribution >= 0.6 is 23.2 Å². The van der Waals surface area contributed by atoms with Crippen molar-refractivity contribution >= 4 is 46.7 Å². The lowest BCUT2D eigenvalue weighted by molar-refractivity contribution is -0.140. The second-order valence-electron chi connectivity index (χ2n) is 6.08. The Labute approximate surface area is 155 Å². The second-order valence-corrected chi connectivity index (χ2v) is 7.01. The van der Waals surface area contributed by atoms with Crippen LogP contribution in [0.1, 0.15) is 31.2 Å². The van der Waals surface area contributed by atoms with Crippen LogP contribution in [0.3, 0.4) is 0 Å². The molecule has 1 aromatic rings. The molecule has 2 aliphatic rings. The molecule has 1 aliphatic carbocycles. The van der Waals surface area contributed by atoms with E-state index < -0.39 is 11.3 Å². The lowest BCUT2D eigenvalue weighted by Gasteiger charge is -2.17. The van der Waals surface area contributed by atoms with Crippen molar-refractivity contribution in [2.24, 2.45) is 0 Å². The number of methoxy groups -OCH3 is 1. The summed E-state index contributed by atoms with van der Waals surface area (Å²) in [6.07, 6.45) is 3.27. The van der Waals surface area contributed by atoms with Gasteiger partial charge < -0.3 is 4.74 Å². The van der Waals surface area contributed by atoms with E-state index in [0.29, 0.717) is 40.3 Å². The third kappa shape index (κ3) is 3.31. The Bertz CT molecular complexity index is 759. The van der Waals surface area contributed by atoms with Crippen molar-refractivity contribution in [3.63, 3.8) is 0 Å². The summed E-state index contributed by atoms with van der Waals surface area (Å²) in [7, 11) is 1.26. The van der Waals surface area contributed by atoms with Crippen molar-refractivity contribution in [1.82, 2.24) is 0 Å². The summed E-state index contributed by atoms with van der Waals surface area (Å²) in [5.41, 5.74) is 2.27. The molecule has 3 rings (SSSR count). The topological polar surface area (TPSA) is 63.7 Å². The number of anilines is 1. The maximum absolute atomic E-state index is 12.6. The fourth-order valence-corrected chi connectivity index (χ4v) is 3.68. The SMILES string of the molecule is COC(=O)C(Cl)Cc1cc(N2C(=O)C3=C(CCCC3)C2=O)ccc1Cl. The number of esters is 1. The van der Waals surface area contributed by atoms with Crippen LogP contribution in [0.25, 0.3) is 0 Å². The van der Waals surface area contributed by atoms with Crippen LogP contribution in [0.15, 0.2) is 29.3 Å². The largest absolute Gasteiger partial charge is 0.468 e. The maximum atomic E-state index is 12.6. The number of nitrogens with zero attached hydrogens (tertiary/aromatic N) is 1. The predicted molar refractivity (Wildman–Crippen MR) is 94.8 cm³/mol. The van der Waals surface area contributed by atoms with Crippen LogP contribution in [-0.4, -0.2) is 30.3 Å². The van der Waals surface area contributed by atoms with Crippen molar-refractivity contribution in [1.29, 1.82) is 0 Å². The zero-order valence-electron chi connectivity index (χ0n) is 13.7. The lowest BCUT2D eigenvalue weighted by atomic mass is 9.93. The minimum atomic E-state index is -0.894. The van der Waals surface area contributed by atoms with Crippen molar-refractivity contribution in [2.45, 2.75) is 37.5 Å². The standard InChI is InChI=1S/C18H17Cl2NO4/c1-25-18(24)15(20)9-10-8-11(6-7-14(10)19)21-16(22)12-4-2-3-5-13(12)17(21)23/h6-8,15H,2-5,9H2,1H3. The number of carbonyl (C=O) groups is 3. The third-order valence-electron chi connectivity index (χ3n) is 4.53. The lowest BCUT2D eigenvalue weighted by Crippen LogP contribution is -2.31. The van der Waals surface area contributed by atoms with Gasteiger partial charge in [-0.25, -0.2) is 4.90 Å². The molecule has 0 aromatic heterocycles. The number of halogens is 2. The summed E-state index contributed by atoms with van der Waals surface area (Å²) >= 11 is 12.2. The van der Waals surface area contributed by atoms with Gasteiger partial charge in [0.2, 0.25) is 0 Å². The van der Waals surface area contributed by atoms with Gasteiger partial charge in [-0.3, -0.25) is 14.4 Å². The average Bonchev–Trinajstić information content (AvgIpc) is 2.87. The quantitative estimate of drug-likeness (QED) is 0.455. The summed E-state index contributed by atoms with van der Waals surface area (Å²) < 4.78 is 4.61. The van der Waals surface area contributed by atoms with Gasteiger partial charge in [-0.2, -0.15) is 0 Å². The molecular weight excluding hydrogens is 365 g/mol. The summed E-state index contributed by atoms with van der Waals surface area (Å²) in [6, 6.07) is 4.86. The number of alkyl halides is 1. The Morgan fingerprint density at radius 1 is 1.20 bits per heavy atom. The number of imide groups is 1. The predicted octanol–water partition coefficient (Wildman–Crippen LogP) is 3.41. The zero-order valence-corrected chi connectivity index (χ0v) is 15.2. The van der Waals surface area contributed by atoms with Gasteiger partial charge in [0.05, 0.1) is 12.8 Å². The molecule has 0 radical (unpaired) electrons. The molecule has 7 heteroatoms. The Morgan fingerprint density at radius 2 is 1.80 bits per heavy atom. The minimum Gasteiger partial charge on any atom is -0.468 e. The molecule has 0 saturated carbocycles. The van der Waals surface area contributed by atoms with Gasteiger partial charge in [-0.1, -0.05) is 11.6 Å². The summed E-state index contributed by atoms with van der Waals surface area (Å²) in [5, 5.41) is -0.482. The summed E-state index contributed by atoms with van der Waals surface area (Å²) in [5.74, 6) is -1.08. The highest BCUT2D eigenvalue weighted by Crippen LogP contribution is 2.36. The fourth-order valence-electron chi connectivity index (χ4n) is 3.23. The first-order valence-electron chi connectivity index (χ1n) is 8.05. The minimum absolute atomic E-state index is 0.143. The Kier molecular flexibility index (Phi) is 5.16. The van der Waals surface area contributed by atoms with Gasteiger partial charge in [0.15, 0.2) is 0 Å². The van der Waals surface area contributed by atoms with Gasteiger partial charge >= 0.3 is 5.97 Å². The molecule has 2 amide bonds. The number of benzene rings is 1. The normalized spacial score (nSPS) is 18.4. The monoisotopic (exact) mass is 381 g/mol. The van der Waals surface area contributed by atoms with Crippen LogP contribution in [0.2, 0.25) is 5.02 Å². The Balaban J connectivity index is 1.89. The van der Waals surface area contributed by atoms with Gasteiger partial charge in [0.1, 0.15) is 5.38 Å². The number of hydrogen-bond donors (Lipinski definition) is 0. The van der Waals surface area contributed by atoms with E-state index in [1.54, 1.807) is 18.2 Å². The van der Waals surface area contributed by atoms with Gasteiger partial charge in [0, 0.05) is 22.6 Å². The van der Waals surface area contributed by atoms with E-state index in [1.165, 1.54) is 12.0 Å². The first-order chi connectivity index (χ1) is 11.9. The number of ether oxygens (including phenoxy) is 1. The molecule has 0 fully saturated rings. The van der Waals surface area contributed by atoms with E-state index in [4.69, 9.17) is 23.2 Å². The van der Waals surface area contributed by atoms with E-state index in [-0.39, 0.29) is 18.2 Å². The smallest absolute Gasteiger partial charge is 0.324 e. The molecule has 1 atom stereocenters. The van der Waals surface area contributed by atoms with Crippen molar-refractivity contribution in [2.75, 3.05) is 12.0 Å². The molecule has 132 valence electrons. The van der Waals surface area contributed by atoms with Crippen LogP contribution in [0, 0.1) is 0 Å². The fraction of sp³-hybridized carbons (Fsp3) is 0.389. The highest BCUT2D eigenvalue weighted by molar-refractivity contribution is 6.34. The van der Waals surface area contributed by atoms with E-state index in [1.807, 2.05) is 0 Å². The van der Waals surface area contributed by atoms with Crippen LogP contribution in [-0.2, 0) is 25.5 Å². The Morgan fingerprint density at radius 3 is 2.36 bits per heavy atom. The van der Waals surface area contributed by atoms with E-state index in [2.05, 4.69) is 4.74 Å². The van der Waals surface area contributed by atoms with E-state index in [0.717, 1.165) is 12.8 Å². The summed E-state index contributed by atoms with van der Waals surface area (Å²) in [4.78, 5) is 38.0. The molecule has 0 bridgehead atoms. The number of carbonyl (C=O) groups excluding carboxylic acids is 3. The van der Waals surface area contributed by atoms with Gasteiger partial charge in [0.25, 0.3) is 11.8 Å². The van der Waals surface area contributed by atoms with Crippen LogP contribution in [0.5, 0.6) is 0 Å². The van der Waals surface area contributed by atoms with Crippen LogP contribution < -0.4 is 4.90 Å². The molecular formula is C18H17Cl2NO4. The molecule has 1 aliphatic heterocycles. The van der Waals surface area contributed by atoms with E-state index in [9.17, 15) is 14.4 Å². The number of amides is 2. The molecule has 1 heterocycles. The first-order valence-corrected chi connectivity index (χ1v) is 8.86. The second kappa shape index (κ2) is 7.18. The zero-order chi connectivity index (χ0) is 18.1. The number of rotatable bonds is 4. The molecule has 5 nitrogen and oxygen atoms in total. The third-order valence-corrected chi connectivity index (χ3v) is 5.24. The first kappa shape index (κ1) is 18.0. The molecule has 1 unspecified atom stereocenters. The average molecular weight is 382 g/mol. The maximum Gasteiger partial charge on any atom is 0.324 e. The van der Waals surface area contributed by atoms with Crippen molar-refractivity contribution in [3.8, 4) is 0 Å². The highest BCUT2D eigenvalue weighted by Gasteiger charge is 2.39. The number of hydrogen-bond acceptors (Lipinski definition) is 4. The van der Waals surface area contributed by atoms with Crippen LogP contribution in [0.4, 0.5) is 5.69 Å². The molecule has 0 spiro atoms. The van der Waals surface area contributed by atoms with Gasteiger partial charge in [-0.05, 0) is 49.4 Å². The van der Waals surface area contributed by atoms with Crippen molar-refractivity contribution in [3.05, 3.63) is 39.9 Å². The molecule has 0 N–H and O–H groups in total. The highest BCUT2D eigenvalue weighted by atomic mass is 35.5. The van der Waals surface area contributed by atoms with Crippen molar-refractivity contribution < 1.29 is 19.1 Å². The Hall–Kier alpha value is -1.85. The van der Waals surface area contributed by atoms with Gasteiger partial charge in [-0.15, -0.1) is 11.6 Å². The van der Waals surface area contributed by atoms with E-state index >= 15 is 0 Å². The molecule has 1 aromatic carbocycles.